The summed E-state index contributed by atoms with van der Waals surface area (Å²) in [5.41, 5.74) is 6.35. The number of benzene rings is 6. The van der Waals surface area contributed by atoms with Crippen molar-refractivity contribution in [3.05, 3.63) is 227 Å². The fourth-order valence-electron chi connectivity index (χ4n) is 6.62. The van der Waals surface area contributed by atoms with Crippen LogP contribution in [-0.4, -0.2) is 31.0 Å². The number of hydrogen-bond donors (Lipinski definition) is 0. The van der Waals surface area contributed by atoms with Crippen LogP contribution in [0.1, 0.15) is 33.4 Å². The number of hydrogen-bond acceptors (Lipinski definition) is 8. The molecule has 4 atom stereocenters. The van der Waals surface area contributed by atoms with Crippen LogP contribution >= 0.6 is 7.82 Å². The van der Waals surface area contributed by atoms with Crippen molar-refractivity contribution in [3.8, 4) is 0 Å². The first-order chi connectivity index (χ1) is 28.6. The first kappa shape index (κ1) is 41.2. The fraction of sp³-hybridized carbons (Fsp3) is 0.224. The zero-order valence-electron chi connectivity index (χ0n) is 32.4. The summed E-state index contributed by atoms with van der Waals surface area (Å²) in [6, 6.07) is 58.9. The highest BCUT2D eigenvalue weighted by Gasteiger charge is 2.47. The minimum absolute atomic E-state index is 0.00265. The summed E-state index contributed by atoms with van der Waals surface area (Å²) in [6.07, 6.45) is -1.27. The standard InChI is InChI=1S/C49H49O8P/c50-58(55-36-43-27-15-5-16-28-43,56-37-44-29-17-6-18-30-44)57-46-31-45(38-51-32-39-19-7-1-8-20-39)47(52-33-40-21-9-2-10-22-40)49(54-35-42-25-13-4-14-26-42)48(46)53-34-41-23-11-3-12-24-41/h1-31,46-49H,32-38H2/t46-,47-,48+,49+/m1/s1. The smallest absolute Gasteiger partial charge is 0.372 e. The topological polar surface area (TPSA) is 81.7 Å². The third-order valence-electron chi connectivity index (χ3n) is 9.63. The SMILES string of the molecule is O=P(OCc1ccccc1)(OCc1ccccc1)O[C@@H]1C=C(COCc2ccccc2)[C@@H](OCc2ccccc2)[C@H](OCc2ccccc2)[C@H]1OCc1ccccc1. The van der Waals surface area contributed by atoms with E-state index in [1.54, 1.807) is 0 Å². The van der Waals surface area contributed by atoms with Crippen LogP contribution in [0, 0.1) is 0 Å². The Balaban J connectivity index is 1.26. The second-order valence-corrected chi connectivity index (χ2v) is 15.6. The molecule has 0 bridgehead atoms. The average molecular weight is 797 g/mol. The van der Waals surface area contributed by atoms with Crippen LogP contribution in [0.15, 0.2) is 194 Å². The van der Waals surface area contributed by atoms with Gasteiger partial charge in [-0.25, -0.2) is 4.57 Å². The van der Waals surface area contributed by atoms with Crippen molar-refractivity contribution < 1.29 is 37.1 Å². The highest BCUT2D eigenvalue weighted by Crippen LogP contribution is 2.54. The lowest BCUT2D eigenvalue weighted by Crippen LogP contribution is -2.53. The van der Waals surface area contributed by atoms with Gasteiger partial charge in [0.05, 0.1) is 46.2 Å². The van der Waals surface area contributed by atoms with Crippen LogP contribution in [0.4, 0.5) is 0 Å². The van der Waals surface area contributed by atoms with Gasteiger partial charge in [0.1, 0.15) is 24.4 Å². The van der Waals surface area contributed by atoms with E-state index in [0.29, 0.717) is 13.2 Å². The van der Waals surface area contributed by atoms with E-state index in [-0.39, 0.29) is 33.0 Å². The van der Waals surface area contributed by atoms with E-state index in [1.807, 2.05) is 188 Å². The Morgan fingerprint density at radius 3 is 1.14 bits per heavy atom. The van der Waals surface area contributed by atoms with Crippen LogP contribution in [-0.2, 0) is 76.7 Å². The Morgan fingerprint density at radius 1 is 0.379 bits per heavy atom. The lowest BCUT2D eigenvalue weighted by Gasteiger charge is -2.42. The maximum Gasteiger partial charge on any atom is 0.476 e. The van der Waals surface area contributed by atoms with Crippen LogP contribution in [0.25, 0.3) is 0 Å². The summed E-state index contributed by atoms with van der Waals surface area (Å²) in [4.78, 5) is 0. The molecular formula is C49H49O8P. The Hall–Kier alpha value is -4.99. The second-order valence-electron chi connectivity index (χ2n) is 14.0. The van der Waals surface area contributed by atoms with Crippen molar-refractivity contribution in [1.82, 2.24) is 0 Å². The largest absolute Gasteiger partial charge is 0.476 e. The third-order valence-corrected chi connectivity index (χ3v) is 11.0. The molecule has 0 saturated heterocycles. The first-order valence-electron chi connectivity index (χ1n) is 19.5. The Bertz CT molecular complexity index is 2090. The molecule has 6 aromatic rings. The molecule has 1 aliphatic carbocycles. The second kappa shape index (κ2) is 21.7. The van der Waals surface area contributed by atoms with Crippen molar-refractivity contribution >= 4 is 7.82 Å². The average Bonchev–Trinajstić information content (AvgIpc) is 3.28. The van der Waals surface area contributed by atoms with Gasteiger partial charge in [-0.3, -0.25) is 13.6 Å². The summed E-state index contributed by atoms with van der Waals surface area (Å²) >= 11 is 0. The van der Waals surface area contributed by atoms with Crippen molar-refractivity contribution in [2.24, 2.45) is 0 Å². The van der Waals surface area contributed by atoms with Crippen molar-refractivity contribution in [3.63, 3.8) is 0 Å². The van der Waals surface area contributed by atoms with Gasteiger partial charge in [0, 0.05) is 0 Å². The molecule has 0 radical (unpaired) electrons. The predicted molar refractivity (Wildman–Crippen MR) is 224 cm³/mol. The molecule has 58 heavy (non-hydrogen) atoms. The molecule has 298 valence electrons. The summed E-state index contributed by atoms with van der Waals surface area (Å²) in [7, 11) is -4.30. The van der Waals surface area contributed by atoms with E-state index in [2.05, 4.69) is 0 Å². The van der Waals surface area contributed by atoms with Crippen molar-refractivity contribution in [1.29, 1.82) is 0 Å². The maximum absolute atomic E-state index is 15.0. The molecule has 0 unspecified atom stereocenters. The lowest BCUT2D eigenvalue weighted by molar-refractivity contribution is -0.172. The summed E-state index contributed by atoms with van der Waals surface area (Å²) in [5, 5.41) is 0. The summed E-state index contributed by atoms with van der Waals surface area (Å²) in [5.74, 6) is 0. The Morgan fingerprint density at radius 2 is 0.724 bits per heavy atom. The monoisotopic (exact) mass is 796 g/mol. The highest BCUT2D eigenvalue weighted by atomic mass is 31.2. The van der Waals surface area contributed by atoms with E-state index in [4.69, 9.17) is 32.5 Å². The molecule has 0 heterocycles. The van der Waals surface area contributed by atoms with Gasteiger partial charge in [0.15, 0.2) is 0 Å². The number of phosphoric acid groups is 1. The summed E-state index contributed by atoms with van der Waals surface area (Å²) < 4.78 is 60.8. The maximum atomic E-state index is 15.0. The molecule has 9 heteroatoms. The molecule has 0 aromatic heterocycles. The zero-order valence-corrected chi connectivity index (χ0v) is 33.3. The van der Waals surface area contributed by atoms with Crippen molar-refractivity contribution in [2.75, 3.05) is 6.61 Å². The molecule has 0 N–H and O–H groups in total. The normalized spacial score (nSPS) is 18.1. The zero-order chi connectivity index (χ0) is 39.7. The molecule has 0 fully saturated rings. The molecular weight excluding hydrogens is 748 g/mol. The minimum atomic E-state index is -4.30. The minimum Gasteiger partial charge on any atom is -0.372 e. The number of ether oxygens (including phenoxy) is 4. The number of rotatable bonds is 21. The quantitative estimate of drug-likeness (QED) is 0.0526. The van der Waals surface area contributed by atoms with Gasteiger partial charge in [0.25, 0.3) is 0 Å². The van der Waals surface area contributed by atoms with Gasteiger partial charge < -0.3 is 18.9 Å². The van der Waals surface area contributed by atoms with Crippen LogP contribution in [0.2, 0.25) is 0 Å². The van der Waals surface area contributed by atoms with Gasteiger partial charge >= 0.3 is 7.82 Å². The van der Waals surface area contributed by atoms with Crippen LogP contribution < -0.4 is 0 Å². The van der Waals surface area contributed by atoms with Crippen LogP contribution in [0.5, 0.6) is 0 Å². The summed E-state index contributed by atoms with van der Waals surface area (Å²) in [6.45, 7) is 1.37. The lowest BCUT2D eigenvalue weighted by atomic mass is 9.89. The van der Waals surface area contributed by atoms with Gasteiger partial charge in [-0.05, 0) is 45.0 Å². The van der Waals surface area contributed by atoms with E-state index in [1.165, 1.54) is 0 Å². The van der Waals surface area contributed by atoms with Crippen LogP contribution in [0.3, 0.4) is 0 Å². The third kappa shape index (κ3) is 12.5. The van der Waals surface area contributed by atoms with E-state index < -0.39 is 32.2 Å². The molecule has 1 aliphatic rings. The molecule has 0 aliphatic heterocycles. The molecule has 6 aromatic carbocycles. The highest BCUT2D eigenvalue weighted by molar-refractivity contribution is 7.48. The molecule has 0 saturated carbocycles. The fourth-order valence-corrected chi connectivity index (χ4v) is 7.91. The molecule has 7 rings (SSSR count). The molecule has 0 amide bonds. The molecule has 0 spiro atoms. The first-order valence-corrected chi connectivity index (χ1v) is 21.0. The van der Waals surface area contributed by atoms with E-state index in [9.17, 15) is 4.57 Å². The van der Waals surface area contributed by atoms with Gasteiger partial charge in [-0.2, -0.15) is 0 Å². The predicted octanol–water partition coefficient (Wildman–Crippen LogP) is 10.8. The van der Waals surface area contributed by atoms with E-state index in [0.717, 1.165) is 39.0 Å². The van der Waals surface area contributed by atoms with E-state index >= 15 is 0 Å². The van der Waals surface area contributed by atoms with Gasteiger partial charge in [0.2, 0.25) is 0 Å². The Kier molecular flexibility index (Phi) is 15.4. The number of phosphoric ester groups is 1. The van der Waals surface area contributed by atoms with Gasteiger partial charge in [-0.1, -0.05) is 182 Å². The van der Waals surface area contributed by atoms with Crippen molar-refractivity contribution in [2.45, 2.75) is 64.1 Å². The molecule has 8 nitrogen and oxygen atoms in total. The Labute approximate surface area is 341 Å². The van der Waals surface area contributed by atoms with Gasteiger partial charge in [-0.15, -0.1) is 0 Å².